The van der Waals surface area contributed by atoms with Gasteiger partial charge in [-0.3, -0.25) is 0 Å². The highest BCUT2D eigenvalue weighted by Gasteiger charge is 2.54. The van der Waals surface area contributed by atoms with Crippen molar-refractivity contribution in [3.05, 3.63) is 41.8 Å². The lowest BCUT2D eigenvalue weighted by Crippen LogP contribution is -2.37. The van der Waals surface area contributed by atoms with E-state index in [9.17, 15) is 8.42 Å². The van der Waals surface area contributed by atoms with Crippen LogP contribution in [0.2, 0.25) is 0 Å². The molecular weight excluding hydrogens is 376 g/mol. The van der Waals surface area contributed by atoms with Gasteiger partial charge in [-0.2, -0.15) is 4.98 Å². The minimum Gasteiger partial charge on any atom is -0.337 e. The fraction of sp³-hybridized carbons (Fsp3) is 0.600. The van der Waals surface area contributed by atoms with Crippen molar-refractivity contribution in [3.63, 3.8) is 0 Å². The quantitative estimate of drug-likeness (QED) is 0.736. The van der Waals surface area contributed by atoms with E-state index in [1.54, 1.807) is 4.31 Å². The highest BCUT2D eigenvalue weighted by atomic mass is 32.2. The van der Waals surface area contributed by atoms with Crippen LogP contribution < -0.4 is 4.90 Å². The Morgan fingerprint density at radius 3 is 2.61 bits per heavy atom. The Morgan fingerprint density at radius 1 is 1.21 bits per heavy atom. The molecule has 2 aromatic rings. The van der Waals surface area contributed by atoms with Crippen LogP contribution in [0.5, 0.6) is 0 Å². The lowest BCUT2D eigenvalue weighted by molar-refractivity contribution is 0.267. The number of rotatable bonds is 6. The summed E-state index contributed by atoms with van der Waals surface area (Å²) in [6, 6.07) is 10.4. The van der Waals surface area contributed by atoms with E-state index in [1.807, 2.05) is 19.9 Å². The number of aryl methyl sites for hydroxylation is 1. The smallest absolute Gasteiger partial charge is 0.266 e. The molecule has 0 unspecified atom stereocenters. The SMILES string of the molecule is CC(C)c1nc(N2C[C@H]3CN(S(C)(=O)=O)C[C@@]3(CCc3ccccc3)C2)no1. The number of hydrogen-bond acceptors (Lipinski definition) is 6. The van der Waals surface area contributed by atoms with Crippen LogP contribution in [0.4, 0.5) is 5.95 Å². The van der Waals surface area contributed by atoms with E-state index < -0.39 is 10.0 Å². The van der Waals surface area contributed by atoms with E-state index in [1.165, 1.54) is 11.8 Å². The molecule has 0 saturated carbocycles. The number of nitrogens with zero attached hydrogens (tertiary/aromatic N) is 4. The molecule has 0 N–H and O–H groups in total. The zero-order valence-electron chi connectivity index (χ0n) is 16.7. The van der Waals surface area contributed by atoms with Gasteiger partial charge in [0.25, 0.3) is 5.95 Å². The van der Waals surface area contributed by atoms with Gasteiger partial charge in [0.15, 0.2) is 0 Å². The number of sulfonamides is 1. The van der Waals surface area contributed by atoms with E-state index in [-0.39, 0.29) is 17.3 Å². The van der Waals surface area contributed by atoms with Crippen molar-refractivity contribution >= 4 is 16.0 Å². The lowest BCUT2D eigenvalue weighted by atomic mass is 9.76. The van der Waals surface area contributed by atoms with Gasteiger partial charge in [0.05, 0.1) is 6.26 Å². The average molecular weight is 405 g/mol. The first kappa shape index (κ1) is 19.4. The molecule has 2 fully saturated rings. The topological polar surface area (TPSA) is 79.5 Å². The van der Waals surface area contributed by atoms with Crippen molar-refractivity contribution in [1.82, 2.24) is 14.4 Å². The molecule has 0 bridgehead atoms. The van der Waals surface area contributed by atoms with E-state index in [2.05, 4.69) is 39.3 Å². The van der Waals surface area contributed by atoms with Crippen molar-refractivity contribution < 1.29 is 12.9 Å². The molecule has 2 saturated heterocycles. The van der Waals surface area contributed by atoms with Crippen molar-refractivity contribution in [1.29, 1.82) is 0 Å². The summed E-state index contributed by atoms with van der Waals surface area (Å²) in [7, 11) is -3.19. The van der Waals surface area contributed by atoms with Crippen LogP contribution in [0.3, 0.4) is 0 Å². The van der Waals surface area contributed by atoms with Gasteiger partial charge in [0.1, 0.15) is 0 Å². The normalized spacial score (nSPS) is 25.6. The van der Waals surface area contributed by atoms with Crippen LogP contribution in [0.15, 0.2) is 34.9 Å². The third kappa shape index (κ3) is 3.67. The van der Waals surface area contributed by atoms with Gasteiger partial charge in [-0.05, 0) is 29.5 Å². The van der Waals surface area contributed by atoms with E-state index in [0.717, 1.165) is 25.9 Å². The maximum atomic E-state index is 12.2. The molecule has 3 heterocycles. The molecule has 4 rings (SSSR count). The summed E-state index contributed by atoms with van der Waals surface area (Å²) in [5.74, 6) is 1.73. The Labute approximate surface area is 166 Å². The number of fused-ring (bicyclic) bond motifs is 1. The minimum atomic E-state index is -3.19. The number of benzene rings is 1. The van der Waals surface area contributed by atoms with E-state index >= 15 is 0 Å². The molecule has 0 amide bonds. The Morgan fingerprint density at radius 2 is 1.96 bits per heavy atom. The largest absolute Gasteiger partial charge is 0.337 e. The zero-order valence-corrected chi connectivity index (χ0v) is 17.5. The zero-order chi connectivity index (χ0) is 19.9. The number of hydrogen-bond donors (Lipinski definition) is 0. The molecule has 1 aromatic heterocycles. The van der Waals surface area contributed by atoms with Crippen LogP contribution >= 0.6 is 0 Å². The fourth-order valence-corrected chi connectivity index (χ4v) is 5.46. The van der Waals surface area contributed by atoms with Gasteiger partial charge in [-0.1, -0.05) is 44.2 Å². The predicted molar refractivity (Wildman–Crippen MR) is 108 cm³/mol. The van der Waals surface area contributed by atoms with Crippen molar-refractivity contribution in [2.24, 2.45) is 11.3 Å². The molecular formula is C20H28N4O3S. The molecule has 2 aliphatic rings. The van der Waals surface area contributed by atoms with Gasteiger partial charge in [-0.25, -0.2) is 12.7 Å². The summed E-state index contributed by atoms with van der Waals surface area (Å²) < 4.78 is 31.4. The number of anilines is 1. The van der Waals surface area contributed by atoms with Crippen LogP contribution in [0, 0.1) is 11.3 Å². The molecule has 0 radical (unpaired) electrons. The second-order valence-corrected chi connectivity index (χ2v) is 10.6. The van der Waals surface area contributed by atoms with Crippen LogP contribution in [-0.2, 0) is 16.4 Å². The molecule has 28 heavy (non-hydrogen) atoms. The summed E-state index contributed by atoms with van der Waals surface area (Å²) in [4.78, 5) is 6.72. The van der Waals surface area contributed by atoms with Crippen LogP contribution in [0.25, 0.3) is 0 Å². The maximum Gasteiger partial charge on any atom is 0.266 e. The van der Waals surface area contributed by atoms with E-state index in [4.69, 9.17) is 4.52 Å². The first-order valence-corrected chi connectivity index (χ1v) is 11.7. The Balaban J connectivity index is 1.56. The molecule has 0 aliphatic carbocycles. The average Bonchev–Trinajstić information content (AvgIpc) is 3.32. The highest BCUT2D eigenvalue weighted by Crippen LogP contribution is 2.47. The first-order valence-electron chi connectivity index (χ1n) is 9.84. The number of aromatic nitrogens is 2. The maximum absolute atomic E-state index is 12.2. The summed E-state index contributed by atoms with van der Waals surface area (Å²) in [5.41, 5.74) is 1.20. The Bertz CT molecular complexity index is 928. The van der Waals surface area contributed by atoms with Gasteiger partial charge < -0.3 is 9.42 Å². The second kappa shape index (κ2) is 7.15. The van der Waals surface area contributed by atoms with Gasteiger partial charge in [0, 0.05) is 37.5 Å². The monoisotopic (exact) mass is 404 g/mol. The first-order chi connectivity index (χ1) is 13.3. The van der Waals surface area contributed by atoms with Gasteiger partial charge >= 0.3 is 0 Å². The molecule has 8 heteroatoms. The Kier molecular flexibility index (Phi) is 4.95. The van der Waals surface area contributed by atoms with Crippen molar-refractivity contribution in [2.75, 3.05) is 37.3 Å². The third-order valence-electron chi connectivity index (χ3n) is 6.16. The molecule has 7 nitrogen and oxygen atoms in total. The van der Waals surface area contributed by atoms with Crippen LogP contribution in [-0.4, -0.2) is 55.3 Å². The summed E-state index contributed by atoms with van der Waals surface area (Å²) >= 11 is 0. The third-order valence-corrected chi connectivity index (χ3v) is 7.38. The molecule has 152 valence electrons. The standard InChI is InChI=1S/C20H28N4O3S/c1-15(2)18-21-19(22-27-18)23-11-17-12-24(28(3,25)26)14-20(17,13-23)10-9-16-7-5-4-6-8-16/h4-8,15,17H,9-14H2,1-3H3/t17-,20+/m0/s1. The van der Waals surface area contributed by atoms with Gasteiger partial charge in [-0.15, -0.1) is 0 Å². The molecule has 0 spiro atoms. The molecule has 1 aromatic carbocycles. The second-order valence-electron chi connectivity index (χ2n) is 8.57. The minimum absolute atomic E-state index is 0.0858. The Hall–Kier alpha value is -1.93. The summed E-state index contributed by atoms with van der Waals surface area (Å²) in [6.07, 6.45) is 3.19. The van der Waals surface area contributed by atoms with Crippen LogP contribution in [0.1, 0.15) is 37.6 Å². The van der Waals surface area contributed by atoms with Crippen molar-refractivity contribution in [3.8, 4) is 0 Å². The summed E-state index contributed by atoms with van der Waals surface area (Å²) in [6.45, 7) is 6.71. The predicted octanol–water partition coefficient (Wildman–Crippen LogP) is 2.52. The summed E-state index contributed by atoms with van der Waals surface area (Å²) in [5, 5.41) is 4.17. The highest BCUT2D eigenvalue weighted by molar-refractivity contribution is 7.88. The van der Waals surface area contributed by atoms with Gasteiger partial charge in [0.2, 0.25) is 15.9 Å². The molecule has 2 atom stereocenters. The molecule has 2 aliphatic heterocycles. The lowest BCUT2D eigenvalue weighted by Gasteiger charge is -2.29. The van der Waals surface area contributed by atoms with E-state index in [0.29, 0.717) is 24.9 Å². The fourth-order valence-electron chi connectivity index (χ4n) is 4.52. The van der Waals surface area contributed by atoms with Crippen molar-refractivity contribution in [2.45, 2.75) is 32.6 Å².